The normalized spacial score (nSPS) is 19.3. The van der Waals surface area contributed by atoms with Gasteiger partial charge in [-0.05, 0) is 71.5 Å². The molecule has 1 aromatic rings. The highest BCUT2D eigenvalue weighted by molar-refractivity contribution is 5.67. The van der Waals surface area contributed by atoms with E-state index in [1.54, 1.807) is 0 Å². The van der Waals surface area contributed by atoms with Gasteiger partial charge in [0.25, 0.3) is 0 Å². The second kappa shape index (κ2) is 9.38. The van der Waals surface area contributed by atoms with Crippen LogP contribution < -0.4 is 11.1 Å². The summed E-state index contributed by atoms with van der Waals surface area (Å²) < 4.78 is 5.33. The van der Waals surface area contributed by atoms with Gasteiger partial charge in [-0.1, -0.05) is 29.8 Å². The number of hydrogen-bond acceptors (Lipinski definition) is 4. The first-order valence-electron chi connectivity index (χ1n) is 9.76. The van der Waals surface area contributed by atoms with Crippen LogP contribution in [0.1, 0.15) is 57.2 Å². The molecule has 0 bridgehead atoms. The van der Waals surface area contributed by atoms with Crippen molar-refractivity contribution in [1.82, 2.24) is 10.2 Å². The van der Waals surface area contributed by atoms with Crippen LogP contribution >= 0.6 is 0 Å². The van der Waals surface area contributed by atoms with Crippen LogP contribution in [0, 0.1) is 12.8 Å². The van der Waals surface area contributed by atoms with Gasteiger partial charge in [0.05, 0.1) is 0 Å². The quantitative estimate of drug-likeness (QED) is 0.778. The number of nitrogens with zero attached hydrogens (tertiary/aromatic N) is 1. The number of carbonyl (C=O) groups excluding carboxylic acids is 1. The van der Waals surface area contributed by atoms with Gasteiger partial charge < -0.3 is 15.8 Å². The van der Waals surface area contributed by atoms with E-state index in [2.05, 4.69) is 41.4 Å². The number of likely N-dealkylation sites (tertiary alicyclic amines) is 1. The Balaban J connectivity index is 1.90. The molecule has 0 saturated carbocycles. The lowest BCUT2D eigenvalue weighted by Gasteiger charge is -2.28. The minimum atomic E-state index is -0.454. The van der Waals surface area contributed by atoms with Gasteiger partial charge in [0.1, 0.15) is 5.60 Å². The number of aryl methyl sites for hydroxylation is 1. The molecule has 0 spiro atoms. The minimum absolute atomic E-state index is 0.325. The maximum atomic E-state index is 11.9. The van der Waals surface area contributed by atoms with Crippen LogP contribution in [0.5, 0.6) is 0 Å². The van der Waals surface area contributed by atoms with Gasteiger partial charge in [-0.15, -0.1) is 0 Å². The lowest BCUT2D eigenvalue weighted by Crippen LogP contribution is -2.36. The minimum Gasteiger partial charge on any atom is -0.444 e. The fourth-order valence-corrected chi connectivity index (χ4v) is 3.51. The maximum Gasteiger partial charge on any atom is 0.407 e. The molecule has 1 amide bonds. The number of nitrogens with two attached hydrogens (primary N) is 1. The zero-order chi connectivity index (χ0) is 19.2. The smallest absolute Gasteiger partial charge is 0.407 e. The number of benzene rings is 1. The molecular formula is C21H35N3O2. The lowest BCUT2D eigenvalue weighted by atomic mass is 9.99. The Morgan fingerprint density at radius 2 is 2.04 bits per heavy atom. The molecule has 1 aliphatic rings. The summed E-state index contributed by atoms with van der Waals surface area (Å²) in [5.74, 6) is 0.466. The molecule has 2 rings (SSSR count). The number of rotatable bonds is 7. The Labute approximate surface area is 158 Å². The van der Waals surface area contributed by atoms with Gasteiger partial charge in [0.15, 0.2) is 0 Å². The summed E-state index contributed by atoms with van der Waals surface area (Å²) in [6, 6.07) is 9.25. The fourth-order valence-electron chi connectivity index (χ4n) is 3.51. The van der Waals surface area contributed by atoms with E-state index in [0.717, 1.165) is 38.9 Å². The molecule has 0 aromatic heterocycles. The molecule has 146 valence electrons. The van der Waals surface area contributed by atoms with E-state index in [1.165, 1.54) is 11.1 Å². The van der Waals surface area contributed by atoms with Gasteiger partial charge in [-0.25, -0.2) is 4.79 Å². The van der Waals surface area contributed by atoms with Gasteiger partial charge >= 0.3 is 6.09 Å². The Bertz CT molecular complexity index is 566. The highest BCUT2D eigenvalue weighted by Gasteiger charge is 2.29. The summed E-state index contributed by atoms with van der Waals surface area (Å²) >= 11 is 0. The zero-order valence-corrected chi connectivity index (χ0v) is 16.8. The number of nitrogens with one attached hydrogen (secondary N) is 1. The molecule has 5 nitrogen and oxygen atoms in total. The molecule has 0 aliphatic carbocycles. The van der Waals surface area contributed by atoms with Crippen LogP contribution in [0.3, 0.4) is 0 Å². The van der Waals surface area contributed by atoms with Gasteiger partial charge in [-0.3, -0.25) is 4.90 Å². The largest absolute Gasteiger partial charge is 0.444 e. The molecule has 0 radical (unpaired) electrons. The summed E-state index contributed by atoms with van der Waals surface area (Å²) in [4.78, 5) is 14.4. The number of amides is 1. The molecular weight excluding hydrogens is 326 g/mol. The summed E-state index contributed by atoms with van der Waals surface area (Å²) in [6.45, 7) is 11.2. The van der Waals surface area contributed by atoms with Gasteiger partial charge in [0, 0.05) is 19.1 Å². The van der Waals surface area contributed by atoms with E-state index in [4.69, 9.17) is 10.5 Å². The van der Waals surface area contributed by atoms with Crippen LogP contribution in [0.15, 0.2) is 24.3 Å². The molecule has 3 N–H and O–H groups in total. The van der Waals surface area contributed by atoms with E-state index < -0.39 is 5.60 Å². The van der Waals surface area contributed by atoms with Crippen molar-refractivity contribution < 1.29 is 9.53 Å². The average Bonchev–Trinajstić information content (AvgIpc) is 3.02. The van der Waals surface area contributed by atoms with Crippen LogP contribution in [-0.4, -0.2) is 42.8 Å². The molecule has 5 heteroatoms. The van der Waals surface area contributed by atoms with Crippen LogP contribution in [0.2, 0.25) is 0 Å². The third kappa shape index (κ3) is 6.61. The van der Waals surface area contributed by atoms with E-state index in [0.29, 0.717) is 18.5 Å². The molecule has 1 saturated heterocycles. The predicted molar refractivity (Wildman–Crippen MR) is 106 cm³/mol. The predicted octanol–water partition coefficient (Wildman–Crippen LogP) is 3.62. The lowest BCUT2D eigenvalue weighted by molar-refractivity contribution is 0.0519. The van der Waals surface area contributed by atoms with Crippen LogP contribution in [0.4, 0.5) is 4.79 Å². The number of ether oxygens (including phenoxy) is 1. The average molecular weight is 362 g/mol. The highest BCUT2D eigenvalue weighted by atomic mass is 16.6. The van der Waals surface area contributed by atoms with E-state index in [-0.39, 0.29) is 6.09 Å². The Morgan fingerprint density at radius 1 is 1.35 bits per heavy atom. The van der Waals surface area contributed by atoms with Crippen molar-refractivity contribution in [2.24, 2.45) is 11.7 Å². The van der Waals surface area contributed by atoms with Crippen molar-refractivity contribution in [3.05, 3.63) is 35.4 Å². The van der Waals surface area contributed by atoms with Gasteiger partial charge in [-0.2, -0.15) is 0 Å². The summed E-state index contributed by atoms with van der Waals surface area (Å²) in [5, 5.41) is 2.92. The number of hydrogen-bond donors (Lipinski definition) is 2. The van der Waals surface area contributed by atoms with Crippen molar-refractivity contribution in [3.63, 3.8) is 0 Å². The Hall–Kier alpha value is -1.59. The molecule has 2 atom stereocenters. The zero-order valence-electron chi connectivity index (χ0n) is 16.8. The fraction of sp³-hybridized carbons (Fsp3) is 0.667. The third-order valence-corrected chi connectivity index (χ3v) is 4.84. The molecule has 1 heterocycles. The van der Waals surface area contributed by atoms with E-state index in [1.807, 2.05) is 20.8 Å². The summed E-state index contributed by atoms with van der Waals surface area (Å²) in [7, 11) is 0. The SMILES string of the molecule is Cc1ccc(C(CCCN)N2CCC(CNC(=O)OC(C)(C)C)C2)cc1. The Morgan fingerprint density at radius 3 is 2.65 bits per heavy atom. The summed E-state index contributed by atoms with van der Waals surface area (Å²) in [5.41, 5.74) is 7.95. The first-order chi connectivity index (χ1) is 12.3. The highest BCUT2D eigenvalue weighted by Crippen LogP contribution is 2.31. The van der Waals surface area contributed by atoms with Crippen molar-refractivity contribution in [2.75, 3.05) is 26.2 Å². The van der Waals surface area contributed by atoms with Crippen molar-refractivity contribution in [1.29, 1.82) is 0 Å². The molecule has 1 aliphatic heterocycles. The standard InChI is InChI=1S/C21H35N3O2/c1-16-7-9-18(10-8-16)19(6-5-12-22)24-13-11-17(15-24)14-23-20(25)26-21(2,3)4/h7-10,17,19H,5-6,11-15,22H2,1-4H3,(H,23,25). The number of alkyl carbamates (subject to hydrolysis) is 1. The Kier molecular flexibility index (Phi) is 7.47. The molecule has 1 fully saturated rings. The monoisotopic (exact) mass is 361 g/mol. The molecule has 1 aromatic carbocycles. The summed E-state index contributed by atoms with van der Waals surface area (Å²) in [6.07, 6.45) is 2.87. The second-order valence-electron chi connectivity index (χ2n) is 8.39. The number of carbonyl (C=O) groups is 1. The molecule has 2 unspecified atom stereocenters. The van der Waals surface area contributed by atoms with Crippen LogP contribution in [0.25, 0.3) is 0 Å². The van der Waals surface area contributed by atoms with E-state index in [9.17, 15) is 4.79 Å². The first-order valence-corrected chi connectivity index (χ1v) is 9.76. The van der Waals surface area contributed by atoms with Gasteiger partial charge in [0.2, 0.25) is 0 Å². The first kappa shape index (κ1) is 20.7. The van der Waals surface area contributed by atoms with Crippen molar-refractivity contribution in [3.8, 4) is 0 Å². The maximum absolute atomic E-state index is 11.9. The van der Waals surface area contributed by atoms with E-state index >= 15 is 0 Å². The van der Waals surface area contributed by atoms with Crippen molar-refractivity contribution >= 4 is 6.09 Å². The van der Waals surface area contributed by atoms with Crippen molar-refractivity contribution in [2.45, 2.75) is 58.6 Å². The molecule has 26 heavy (non-hydrogen) atoms. The van der Waals surface area contributed by atoms with Crippen LogP contribution in [-0.2, 0) is 4.74 Å². The third-order valence-electron chi connectivity index (χ3n) is 4.84. The second-order valence-corrected chi connectivity index (χ2v) is 8.39. The topological polar surface area (TPSA) is 67.6 Å².